The summed E-state index contributed by atoms with van der Waals surface area (Å²) in [6.07, 6.45) is 0. The molecule has 0 radical (unpaired) electrons. The lowest BCUT2D eigenvalue weighted by atomic mass is 10.0. The van der Waals surface area contributed by atoms with Crippen molar-refractivity contribution in [3.05, 3.63) is 59.7 Å². The van der Waals surface area contributed by atoms with Crippen molar-refractivity contribution in [2.24, 2.45) is 5.16 Å². The Labute approximate surface area is 153 Å². The van der Waals surface area contributed by atoms with Crippen molar-refractivity contribution >= 4 is 45.0 Å². The van der Waals surface area contributed by atoms with E-state index in [9.17, 15) is 4.79 Å². The number of benzene rings is 2. The number of nitrogens with zero attached hydrogens (tertiary/aromatic N) is 2. The monoisotopic (exact) mass is 372 g/mol. The van der Waals surface area contributed by atoms with E-state index in [0.717, 1.165) is 20.1 Å². The van der Waals surface area contributed by atoms with Gasteiger partial charge >= 0.3 is 5.97 Å². The van der Waals surface area contributed by atoms with E-state index in [2.05, 4.69) is 16.2 Å². The summed E-state index contributed by atoms with van der Waals surface area (Å²) in [4.78, 5) is 21.4. The van der Waals surface area contributed by atoms with Crippen LogP contribution in [0.15, 0.2) is 58.0 Å². The molecular formula is C18H16N2O3S2. The number of hydrogen-bond acceptors (Lipinski definition) is 7. The number of carbonyl (C=O) groups is 1. The molecule has 0 aliphatic carbocycles. The van der Waals surface area contributed by atoms with Crippen molar-refractivity contribution in [1.82, 2.24) is 4.98 Å². The third-order valence-corrected chi connectivity index (χ3v) is 5.69. The molecule has 128 valence electrons. The molecule has 0 bridgehead atoms. The number of thioether (sulfide) groups is 1. The van der Waals surface area contributed by atoms with Gasteiger partial charge in [0, 0.05) is 11.3 Å². The first-order chi connectivity index (χ1) is 12.2. The van der Waals surface area contributed by atoms with Crippen molar-refractivity contribution in [2.45, 2.75) is 10.1 Å². The lowest BCUT2D eigenvalue weighted by Crippen LogP contribution is -2.19. The van der Waals surface area contributed by atoms with Crippen LogP contribution >= 0.6 is 23.1 Å². The third kappa shape index (κ3) is 4.00. The fourth-order valence-electron chi connectivity index (χ4n) is 2.31. The van der Waals surface area contributed by atoms with Gasteiger partial charge in [0.2, 0.25) is 0 Å². The fraction of sp³-hybridized carbons (Fsp3) is 0.167. The molecule has 0 aliphatic heterocycles. The van der Waals surface area contributed by atoms with Crippen molar-refractivity contribution in [3.63, 3.8) is 0 Å². The number of esters is 1. The van der Waals surface area contributed by atoms with Gasteiger partial charge in [-0.15, -0.1) is 11.3 Å². The van der Waals surface area contributed by atoms with Gasteiger partial charge in [-0.05, 0) is 17.7 Å². The van der Waals surface area contributed by atoms with Crippen LogP contribution in [0.25, 0.3) is 10.2 Å². The second-order valence-corrected chi connectivity index (χ2v) is 7.26. The maximum atomic E-state index is 12.0. The minimum absolute atomic E-state index is 0.158. The molecule has 5 nitrogen and oxygen atoms in total. The fourth-order valence-corrected chi connectivity index (χ4v) is 4.39. The number of fused-ring (bicyclic) bond motifs is 1. The molecule has 0 spiro atoms. The smallest absolute Gasteiger partial charge is 0.360 e. The zero-order valence-corrected chi connectivity index (χ0v) is 15.4. The Kier molecular flexibility index (Phi) is 5.67. The first-order valence-corrected chi connectivity index (χ1v) is 9.29. The van der Waals surface area contributed by atoms with E-state index in [-0.39, 0.29) is 5.71 Å². The second kappa shape index (κ2) is 8.13. The largest absolute Gasteiger partial charge is 0.464 e. The number of rotatable bonds is 6. The molecule has 3 rings (SSSR count). The predicted octanol–water partition coefficient (Wildman–Crippen LogP) is 4.11. The van der Waals surface area contributed by atoms with E-state index in [1.165, 1.54) is 14.2 Å². The normalized spacial score (nSPS) is 11.5. The molecule has 1 aromatic heterocycles. The summed E-state index contributed by atoms with van der Waals surface area (Å²) in [5.74, 6) is 0.134. The van der Waals surface area contributed by atoms with Crippen molar-refractivity contribution in [2.75, 3.05) is 14.2 Å². The number of oxime groups is 1. The first-order valence-electron chi connectivity index (χ1n) is 7.49. The van der Waals surface area contributed by atoms with Gasteiger partial charge in [0.1, 0.15) is 7.11 Å². The molecule has 2 aromatic carbocycles. The Morgan fingerprint density at radius 1 is 1.16 bits per heavy atom. The molecule has 0 aliphatic rings. The average Bonchev–Trinajstić information content (AvgIpc) is 3.07. The van der Waals surface area contributed by atoms with E-state index in [0.29, 0.717) is 11.3 Å². The minimum atomic E-state index is -0.528. The maximum absolute atomic E-state index is 12.0. The molecule has 1 heterocycles. The summed E-state index contributed by atoms with van der Waals surface area (Å²) < 4.78 is 6.96. The van der Waals surface area contributed by atoms with Crippen molar-refractivity contribution in [3.8, 4) is 0 Å². The van der Waals surface area contributed by atoms with E-state index in [1.54, 1.807) is 23.1 Å². The van der Waals surface area contributed by atoms with Crippen LogP contribution in [0.5, 0.6) is 0 Å². The van der Waals surface area contributed by atoms with Gasteiger partial charge in [-0.2, -0.15) is 0 Å². The number of para-hydroxylation sites is 1. The van der Waals surface area contributed by atoms with E-state index in [4.69, 9.17) is 9.57 Å². The third-order valence-electron chi connectivity index (χ3n) is 3.46. The van der Waals surface area contributed by atoms with Gasteiger partial charge in [-0.25, -0.2) is 9.78 Å². The van der Waals surface area contributed by atoms with Gasteiger partial charge in [0.05, 0.1) is 17.3 Å². The average molecular weight is 372 g/mol. The van der Waals surface area contributed by atoms with Crippen LogP contribution in [0.1, 0.15) is 11.1 Å². The number of hydrogen-bond donors (Lipinski definition) is 0. The number of aromatic nitrogens is 1. The van der Waals surface area contributed by atoms with E-state index >= 15 is 0 Å². The van der Waals surface area contributed by atoms with Crippen LogP contribution in [-0.4, -0.2) is 30.9 Å². The summed E-state index contributed by atoms with van der Waals surface area (Å²) in [7, 11) is 2.73. The van der Waals surface area contributed by atoms with Crippen LogP contribution in [0.2, 0.25) is 0 Å². The molecule has 0 atom stereocenters. The van der Waals surface area contributed by atoms with E-state index in [1.807, 2.05) is 42.5 Å². The van der Waals surface area contributed by atoms with Gasteiger partial charge in [-0.3, -0.25) is 0 Å². The number of methoxy groups -OCH3 is 1. The zero-order valence-electron chi connectivity index (χ0n) is 13.8. The molecule has 3 aromatic rings. The number of carbonyl (C=O) groups excluding carboxylic acids is 1. The Balaban J connectivity index is 1.85. The molecule has 0 N–H and O–H groups in total. The molecule has 7 heteroatoms. The van der Waals surface area contributed by atoms with Gasteiger partial charge in [-0.1, -0.05) is 53.3 Å². The lowest BCUT2D eigenvalue weighted by molar-refractivity contribution is -0.132. The Hall–Kier alpha value is -2.38. The summed E-state index contributed by atoms with van der Waals surface area (Å²) in [5.41, 5.74) is 2.82. The van der Waals surface area contributed by atoms with Crippen molar-refractivity contribution < 1.29 is 14.4 Å². The highest BCUT2D eigenvalue weighted by Crippen LogP contribution is 2.32. The summed E-state index contributed by atoms with van der Waals surface area (Å²) >= 11 is 3.28. The summed E-state index contributed by atoms with van der Waals surface area (Å²) in [6, 6.07) is 15.6. The minimum Gasteiger partial charge on any atom is -0.464 e. The summed E-state index contributed by atoms with van der Waals surface area (Å²) in [5, 5.41) is 3.84. The second-order valence-electron chi connectivity index (χ2n) is 5.01. The highest BCUT2D eigenvalue weighted by Gasteiger charge is 2.19. The Bertz CT molecular complexity index is 888. The van der Waals surface area contributed by atoms with Crippen LogP contribution < -0.4 is 0 Å². The summed E-state index contributed by atoms with van der Waals surface area (Å²) in [6.45, 7) is 0. The molecular weight excluding hydrogens is 356 g/mol. The first kappa shape index (κ1) is 17.4. The SMILES string of the molecule is CO/N=C(\C(=O)OC)c1ccccc1CSc1nc2ccccc2s1. The maximum Gasteiger partial charge on any atom is 0.360 e. The molecule has 0 unspecified atom stereocenters. The topological polar surface area (TPSA) is 60.8 Å². The quantitative estimate of drug-likeness (QED) is 0.282. The van der Waals surface area contributed by atoms with Gasteiger partial charge in [0.15, 0.2) is 10.1 Å². The predicted molar refractivity (Wildman–Crippen MR) is 101 cm³/mol. The zero-order chi connectivity index (χ0) is 17.6. The highest BCUT2D eigenvalue weighted by molar-refractivity contribution is 8.00. The molecule has 25 heavy (non-hydrogen) atoms. The molecule has 0 saturated heterocycles. The Morgan fingerprint density at radius 2 is 1.92 bits per heavy atom. The lowest BCUT2D eigenvalue weighted by Gasteiger charge is -2.09. The molecule has 0 saturated carbocycles. The van der Waals surface area contributed by atoms with Crippen LogP contribution in [-0.2, 0) is 20.1 Å². The van der Waals surface area contributed by atoms with Crippen LogP contribution in [0, 0.1) is 0 Å². The molecule has 0 amide bonds. The Morgan fingerprint density at radius 3 is 2.68 bits per heavy atom. The number of thiazole rings is 1. The standard InChI is InChI=1S/C18H16N2O3S2/c1-22-17(21)16(20-23-2)13-8-4-3-7-12(13)11-24-18-19-14-9-5-6-10-15(14)25-18/h3-10H,11H2,1-2H3/b20-16-. The van der Waals surface area contributed by atoms with Crippen LogP contribution in [0.3, 0.4) is 0 Å². The van der Waals surface area contributed by atoms with Gasteiger partial charge in [0.25, 0.3) is 0 Å². The molecule has 0 fully saturated rings. The number of ether oxygens (including phenoxy) is 1. The van der Waals surface area contributed by atoms with Gasteiger partial charge < -0.3 is 9.57 Å². The highest BCUT2D eigenvalue weighted by atomic mass is 32.2. The van der Waals surface area contributed by atoms with E-state index < -0.39 is 5.97 Å². The van der Waals surface area contributed by atoms with Crippen LogP contribution in [0.4, 0.5) is 0 Å². The van der Waals surface area contributed by atoms with Crippen molar-refractivity contribution in [1.29, 1.82) is 0 Å².